The normalized spacial score (nSPS) is 26.7. The Hall–Kier alpha value is -5.00. The summed E-state index contributed by atoms with van der Waals surface area (Å²) in [5, 5.41) is 25.6. The van der Waals surface area contributed by atoms with E-state index in [0.717, 1.165) is 30.4 Å². The summed E-state index contributed by atoms with van der Waals surface area (Å²) in [6, 6.07) is 16.9. The third-order valence-electron chi connectivity index (χ3n) is 9.38. The molecule has 258 valence electrons. The van der Waals surface area contributed by atoms with Crippen molar-refractivity contribution in [3.8, 4) is 22.5 Å². The van der Waals surface area contributed by atoms with E-state index in [0.29, 0.717) is 24.2 Å². The van der Waals surface area contributed by atoms with Crippen LogP contribution in [0.4, 0.5) is 4.79 Å². The summed E-state index contributed by atoms with van der Waals surface area (Å²) < 4.78 is 5.50. The van der Waals surface area contributed by atoms with E-state index in [4.69, 9.17) is 14.9 Å². The van der Waals surface area contributed by atoms with E-state index in [2.05, 4.69) is 10.6 Å². The number of rotatable bonds is 5. The van der Waals surface area contributed by atoms with Gasteiger partial charge in [0.15, 0.2) is 0 Å². The highest BCUT2D eigenvalue weighted by atomic mass is 16.6. The summed E-state index contributed by atoms with van der Waals surface area (Å²) >= 11 is 0. The molecule has 0 spiro atoms. The van der Waals surface area contributed by atoms with E-state index in [9.17, 15) is 24.3 Å². The van der Waals surface area contributed by atoms with Crippen molar-refractivity contribution in [2.45, 2.75) is 95.0 Å². The molecule has 49 heavy (non-hydrogen) atoms. The first-order chi connectivity index (χ1) is 23.4. The number of hydrogen-bond acceptors (Lipinski definition) is 7. The Kier molecular flexibility index (Phi) is 9.58. The number of benzene rings is 2. The first-order valence-corrected chi connectivity index (χ1v) is 17.0. The van der Waals surface area contributed by atoms with Crippen molar-refractivity contribution < 1.29 is 29.0 Å². The molecular formula is C37H44N6O6. The van der Waals surface area contributed by atoms with Crippen molar-refractivity contribution in [2.24, 2.45) is 5.92 Å². The molecule has 0 radical (unpaired) electrons. The highest BCUT2D eigenvalue weighted by Crippen LogP contribution is 2.45. The molecule has 1 aliphatic carbocycles. The second-order valence-electron chi connectivity index (χ2n) is 14.2. The molecule has 1 saturated heterocycles. The van der Waals surface area contributed by atoms with Gasteiger partial charge in [-0.25, -0.2) is 9.59 Å². The Morgan fingerprint density at radius 1 is 0.959 bits per heavy atom. The van der Waals surface area contributed by atoms with Crippen LogP contribution in [0.3, 0.4) is 0 Å². The molecule has 12 nitrogen and oxygen atoms in total. The average molecular weight is 669 g/mol. The van der Waals surface area contributed by atoms with E-state index in [-0.39, 0.29) is 25.3 Å². The van der Waals surface area contributed by atoms with Gasteiger partial charge in [-0.3, -0.25) is 9.59 Å². The minimum Gasteiger partial charge on any atom is -0.479 e. The highest BCUT2D eigenvalue weighted by Gasteiger charge is 2.61. The summed E-state index contributed by atoms with van der Waals surface area (Å²) in [6.45, 7) is 5.33. The summed E-state index contributed by atoms with van der Waals surface area (Å²) in [7, 11) is 0. The number of nitrogens with one attached hydrogen (secondary N) is 2. The average Bonchev–Trinajstić information content (AvgIpc) is 3.38. The summed E-state index contributed by atoms with van der Waals surface area (Å²) in [6.07, 6.45) is 6.99. The predicted molar refractivity (Wildman–Crippen MR) is 182 cm³/mol. The number of amides is 3. The van der Waals surface area contributed by atoms with Gasteiger partial charge in [0.05, 0.1) is 6.04 Å². The van der Waals surface area contributed by atoms with Gasteiger partial charge < -0.3 is 25.4 Å². The minimum atomic E-state index is -1.43. The Balaban J connectivity index is 1.36. The molecule has 3 N–H and O–H groups in total. The van der Waals surface area contributed by atoms with E-state index in [1.54, 1.807) is 25.6 Å². The van der Waals surface area contributed by atoms with Crippen LogP contribution in [0.5, 0.6) is 0 Å². The third-order valence-corrected chi connectivity index (χ3v) is 9.38. The van der Waals surface area contributed by atoms with Crippen molar-refractivity contribution in [1.29, 1.82) is 0 Å². The summed E-state index contributed by atoms with van der Waals surface area (Å²) in [5.41, 5.74) is 0.854. The zero-order valence-electron chi connectivity index (χ0n) is 28.2. The van der Waals surface area contributed by atoms with E-state index in [1.165, 1.54) is 4.90 Å². The van der Waals surface area contributed by atoms with Crippen molar-refractivity contribution >= 4 is 23.9 Å². The first kappa shape index (κ1) is 33.9. The Morgan fingerprint density at radius 3 is 2.18 bits per heavy atom. The molecule has 0 bridgehead atoms. The minimum absolute atomic E-state index is 0.0873. The number of carbonyl (C=O) groups is 4. The maximum atomic E-state index is 14.4. The number of alkyl carbamates (subject to hydrolysis) is 1. The lowest BCUT2D eigenvalue weighted by Crippen LogP contribution is -2.56. The van der Waals surface area contributed by atoms with Gasteiger partial charge in [0, 0.05) is 30.0 Å². The molecule has 2 aliphatic heterocycles. The Morgan fingerprint density at radius 2 is 1.59 bits per heavy atom. The quantitative estimate of drug-likeness (QED) is 0.316. The molecule has 2 fully saturated rings. The number of hydrogen-bond donors (Lipinski definition) is 3. The molecule has 3 aromatic rings. The highest BCUT2D eigenvalue weighted by molar-refractivity contribution is 5.96. The van der Waals surface area contributed by atoms with E-state index >= 15 is 0 Å². The molecule has 2 aromatic carbocycles. The largest absolute Gasteiger partial charge is 0.479 e. The Bertz CT molecular complexity index is 1660. The molecular weight excluding hydrogens is 624 g/mol. The fourth-order valence-electron chi connectivity index (χ4n) is 6.76. The lowest BCUT2D eigenvalue weighted by Gasteiger charge is -2.30. The monoisotopic (exact) mass is 668 g/mol. The number of ether oxygens (including phenoxy) is 1. The lowest BCUT2D eigenvalue weighted by atomic mass is 10.0. The number of fused-ring (bicyclic) bond motifs is 2. The van der Waals surface area contributed by atoms with Gasteiger partial charge in [0.1, 0.15) is 34.6 Å². The maximum Gasteiger partial charge on any atom is 0.408 e. The van der Waals surface area contributed by atoms with Crippen molar-refractivity contribution in [1.82, 2.24) is 30.5 Å². The second-order valence-corrected chi connectivity index (χ2v) is 14.2. The smallest absolute Gasteiger partial charge is 0.408 e. The van der Waals surface area contributed by atoms with Crippen LogP contribution in [0.25, 0.3) is 22.5 Å². The van der Waals surface area contributed by atoms with Gasteiger partial charge in [0.2, 0.25) is 11.8 Å². The number of allylic oxidation sites excluding steroid dienone is 1. The van der Waals surface area contributed by atoms with Gasteiger partial charge in [-0.2, -0.15) is 15.0 Å². The number of nitrogens with zero attached hydrogens (tertiary/aromatic N) is 4. The SMILES string of the molecule is CC(C)(C)OC(=O)N[C@H]1CCCCC/C=C\[C@@H]2C[C@@]2(C(=O)O)NC(=O)[C@@H]2C[C@H](n3nc(-c4ccccc4)c(-c4ccccc4)n3)CN2C1=O. The standard InChI is InChI=1S/C37H44N6O6/c1-36(2,3)49-35(48)38-28-20-14-6-4-5-13-19-26-22-37(26,34(46)47)39-32(44)29-21-27(23-42(29)33(28)45)43-40-30(24-15-9-7-10-16-24)31(41-43)25-17-11-8-12-18-25/h7-13,15-19,26-29H,4-6,14,20-23H2,1-3H3,(H,38,48)(H,39,44)(H,46,47)/b19-13-/t26-,27+,28+,29+,37-/m1/s1. The van der Waals surface area contributed by atoms with Gasteiger partial charge in [-0.1, -0.05) is 85.7 Å². The van der Waals surface area contributed by atoms with E-state index < -0.39 is 53.1 Å². The number of carboxylic acids is 1. The topological polar surface area (TPSA) is 156 Å². The summed E-state index contributed by atoms with van der Waals surface area (Å²) in [4.78, 5) is 56.9. The first-order valence-electron chi connectivity index (χ1n) is 17.0. The molecule has 3 heterocycles. The molecule has 1 aromatic heterocycles. The zero-order valence-corrected chi connectivity index (χ0v) is 28.2. The Labute approximate surface area is 285 Å². The van der Waals surface area contributed by atoms with Crippen molar-refractivity contribution in [3.63, 3.8) is 0 Å². The zero-order chi connectivity index (χ0) is 34.8. The van der Waals surface area contributed by atoms with Gasteiger partial charge in [-0.05, 0) is 46.5 Å². The van der Waals surface area contributed by atoms with Crippen molar-refractivity contribution in [2.75, 3.05) is 6.54 Å². The van der Waals surface area contributed by atoms with Crippen LogP contribution in [0.2, 0.25) is 0 Å². The van der Waals surface area contributed by atoms with Crippen LogP contribution in [0.15, 0.2) is 72.8 Å². The molecule has 1 saturated carbocycles. The van der Waals surface area contributed by atoms with Crippen LogP contribution >= 0.6 is 0 Å². The molecule has 0 unspecified atom stereocenters. The third kappa shape index (κ3) is 7.53. The molecule has 5 atom stereocenters. The molecule has 12 heteroatoms. The van der Waals surface area contributed by atoms with Gasteiger partial charge in [-0.15, -0.1) is 0 Å². The summed E-state index contributed by atoms with van der Waals surface area (Å²) in [5.74, 6) is -2.43. The number of aliphatic carboxylic acids is 1. The van der Waals surface area contributed by atoms with Crippen LogP contribution < -0.4 is 10.6 Å². The fourth-order valence-corrected chi connectivity index (χ4v) is 6.76. The fraction of sp³-hybridized carbons (Fsp3) is 0.459. The lowest BCUT2D eigenvalue weighted by molar-refractivity contribution is -0.145. The van der Waals surface area contributed by atoms with E-state index in [1.807, 2.05) is 72.8 Å². The maximum absolute atomic E-state index is 14.4. The number of aromatic nitrogens is 3. The van der Waals surface area contributed by atoms with Gasteiger partial charge >= 0.3 is 12.1 Å². The van der Waals surface area contributed by atoms with Crippen LogP contribution in [-0.4, -0.2) is 78.6 Å². The molecule has 3 aliphatic rings. The van der Waals surface area contributed by atoms with Crippen LogP contribution in [0.1, 0.15) is 71.8 Å². The van der Waals surface area contributed by atoms with Crippen LogP contribution in [-0.2, 0) is 19.1 Å². The number of carbonyl (C=O) groups excluding carboxylic acids is 3. The number of carboxylic acid groups (broad SMARTS) is 1. The predicted octanol–water partition coefficient (Wildman–Crippen LogP) is 5.13. The molecule has 3 amide bonds. The molecule has 6 rings (SSSR count). The van der Waals surface area contributed by atoms with Crippen molar-refractivity contribution in [3.05, 3.63) is 72.8 Å². The van der Waals surface area contributed by atoms with Gasteiger partial charge in [0.25, 0.3) is 0 Å². The second kappa shape index (κ2) is 13.9. The van der Waals surface area contributed by atoms with Crippen LogP contribution in [0, 0.1) is 5.92 Å².